The van der Waals surface area contributed by atoms with Crippen LogP contribution >= 0.6 is 45.2 Å². The Balaban J connectivity index is 3.20. The van der Waals surface area contributed by atoms with Crippen LogP contribution in [-0.2, 0) is 6.54 Å². The number of nitrogens with two attached hydrogens (primary N) is 1. The summed E-state index contributed by atoms with van der Waals surface area (Å²) in [5.74, 6) is -0.259. The van der Waals surface area contributed by atoms with Gasteiger partial charge in [-0.05, 0) is 45.2 Å². The summed E-state index contributed by atoms with van der Waals surface area (Å²) < 4.78 is 40.8. The third-order valence-electron chi connectivity index (χ3n) is 1.45. The molecule has 1 aromatic rings. The zero-order valence-electron chi connectivity index (χ0n) is 7.11. The van der Waals surface area contributed by atoms with Crippen molar-refractivity contribution in [1.82, 2.24) is 4.98 Å². The van der Waals surface area contributed by atoms with Crippen molar-refractivity contribution in [2.75, 3.05) is 0 Å². The van der Waals surface area contributed by atoms with E-state index >= 15 is 0 Å². The van der Waals surface area contributed by atoms with Crippen LogP contribution in [0.15, 0.2) is 6.20 Å². The molecule has 0 saturated heterocycles. The van der Waals surface area contributed by atoms with Gasteiger partial charge in [-0.3, -0.25) is 0 Å². The van der Waals surface area contributed by atoms with Crippen LogP contribution < -0.4 is 10.5 Å². The summed E-state index contributed by atoms with van der Waals surface area (Å²) in [5, 5.41) is 0. The fraction of sp³-hybridized carbons (Fsp3) is 0.286. The first-order chi connectivity index (χ1) is 6.85. The fourth-order valence-corrected chi connectivity index (χ4v) is 2.07. The molecule has 1 heterocycles. The van der Waals surface area contributed by atoms with Crippen LogP contribution in [0.4, 0.5) is 13.2 Å². The second-order valence-corrected chi connectivity index (χ2v) is 4.64. The number of pyridine rings is 1. The molecule has 8 heteroatoms. The maximum Gasteiger partial charge on any atom is 0.573 e. The Morgan fingerprint density at radius 2 is 2.00 bits per heavy atom. The van der Waals surface area contributed by atoms with E-state index in [1.54, 1.807) is 22.6 Å². The van der Waals surface area contributed by atoms with Gasteiger partial charge in [0.15, 0.2) is 5.75 Å². The average Bonchev–Trinajstić information content (AvgIpc) is 2.10. The topological polar surface area (TPSA) is 48.1 Å². The standard InChI is InChI=1S/C7H5F3I2N2O/c8-7(9,10)15-5-3(1-13)6(12)14-2-4(5)11/h2H,1,13H2. The molecule has 0 unspecified atom stereocenters. The van der Waals surface area contributed by atoms with E-state index < -0.39 is 6.36 Å². The average molecular weight is 444 g/mol. The molecular formula is C7H5F3I2N2O. The lowest BCUT2D eigenvalue weighted by Gasteiger charge is -2.14. The summed E-state index contributed by atoms with van der Waals surface area (Å²) in [7, 11) is 0. The zero-order chi connectivity index (χ0) is 11.6. The third-order valence-corrected chi connectivity index (χ3v) is 3.15. The monoisotopic (exact) mass is 444 g/mol. The van der Waals surface area contributed by atoms with Crippen molar-refractivity contribution in [2.24, 2.45) is 5.73 Å². The number of nitrogens with zero attached hydrogens (tertiary/aromatic N) is 1. The normalized spacial score (nSPS) is 11.6. The van der Waals surface area contributed by atoms with Crippen molar-refractivity contribution in [3.05, 3.63) is 19.0 Å². The van der Waals surface area contributed by atoms with Gasteiger partial charge < -0.3 is 10.5 Å². The van der Waals surface area contributed by atoms with E-state index in [0.29, 0.717) is 3.70 Å². The zero-order valence-corrected chi connectivity index (χ0v) is 11.4. The van der Waals surface area contributed by atoms with Crippen molar-refractivity contribution >= 4 is 45.2 Å². The van der Waals surface area contributed by atoms with E-state index in [-0.39, 0.29) is 21.4 Å². The van der Waals surface area contributed by atoms with Gasteiger partial charge in [-0.2, -0.15) is 0 Å². The van der Waals surface area contributed by atoms with E-state index in [4.69, 9.17) is 5.73 Å². The Labute approximate surface area is 111 Å². The highest BCUT2D eigenvalue weighted by molar-refractivity contribution is 14.1. The molecule has 2 N–H and O–H groups in total. The van der Waals surface area contributed by atoms with Crippen LogP contribution in [0.2, 0.25) is 0 Å². The molecule has 15 heavy (non-hydrogen) atoms. The first kappa shape index (κ1) is 13.2. The van der Waals surface area contributed by atoms with Gasteiger partial charge in [0.05, 0.1) is 3.57 Å². The predicted octanol–water partition coefficient (Wildman–Crippen LogP) is 2.65. The second-order valence-electron chi connectivity index (χ2n) is 2.46. The van der Waals surface area contributed by atoms with Gasteiger partial charge in [-0.1, -0.05) is 0 Å². The van der Waals surface area contributed by atoms with Crippen molar-refractivity contribution in [2.45, 2.75) is 12.9 Å². The molecule has 0 atom stereocenters. The van der Waals surface area contributed by atoms with Crippen molar-refractivity contribution in [3.8, 4) is 5.75 Å². The molecule has 0 radical (unpaired) electrons. The summed E-state index contributed by atoms with van der Waals surface area (Å²) in [5.41, 5.74) is 5.61. The second kappa shape index (κ2) is 4.99. The molecule has 0 aliphatic heterocycles. The van der Waals surface area contributed by atoms with E-state index in [2.05, 4.69) is 9.72 Å². The van der Waals surface area contributed by atoms with E-state index in [1.165, 1.54) is 6.20 Å². The number of hydrogen-bond donors (Lipinski definition) is 1. The molecule has 0 fully saturated rings. The van der Waals surface area contributed by atoms with Crippen LogP contribution in [0.5, 0.6) is 5.75 Å². The lowest BCUT2D eigenvalue weighted by Crippen LogP contribution is -2.20. The maximum atomic E-state index is 12.1. The highest BCUT2D eigenvalue weighted by Gasteiger charge is 2.33. The molecule has 0 aromatic carbocycles. The minimum Gasteiger partial charge on any atom is -0.404 e. The number of aromatic nitrogens is 1. The molecule has 3 nitrogen and oxygen atoms in total. The Kier molecular flexibility index (Phi) is 4.40. The van der Waals surface area contributed by atoms with Gasteiger partial charge in [0.25, 0.3) is 0 Å². The molecule has 1 rings (SSSR count). The SMILES string of the molecule is NCc1c(I)ncc(I)c1OC(F)(F)F. The first-order valence-corrected chi connectivity index (χ1v) is 5.79. The van der Waals surface area contributed by atoms with E-state index in [0.717, 1.165) is 0 Å². The summed E-state index contributed by atoms with van der Waals surface area (Å²) in [4.78, 5) is 3.89. The number of rotatable bonds is 2. The van der Waals surface area contributed by atoms with Crippen LogP contribution in [-0.4, -0.2) is 11.3 Å². The summed E-state index contributed by atoms with van der Waals surface area (Å²) in [6.07, 6.45) is -3.41. The maximum absolute atomic E-state index is 12.1. The Morgan fingerprint density at radius 3 is 2.47 bits per heavy atom. The van der Waals surface area contributed by atoms with Gasteiger partial charge in [0.1, 0.15) is 3.70 Å². The smallest absolute Gasteiger partial charge is 0.404 e. The van der Waals surface area contributed by atoms with Crippen LogP contribution in [0.25, 0.3) is 0 Å². The Bertz CT molecular complexity index is 370. The minimum atomic E-state index is -4.71. The minimum absolute atomic E-state index is 0.0481. The lowest BCUT2D eigenvalue weighted by molar-refractivity contribution is -0.275. The third kappa shape index (κ3) is 3.59. The summed E-state index contributed by atoms with van der Waals surface area (Å²) in [6, 6.07) is 0. The molecule has 0 aliphatic carbocycles. The molecule has 84 valence electrons. The Morgan fingerprint density at radius 1 is 1.40 bits per heavy atom. The summed E-state index contributed by atoms with van der Waals surface area (Å²) in [6.45, 7) is -0.0481. The van der Waals surface area contributed by atoms with Crippen LogP contribution in [0.3, 0.4) is 0 Å². The number of hydrogen-bond acceptors (Lipinski definition) is 3. The number of alkyl halides is 3. The van der Waals surface area contributed by atoms with Gasteiger partial charge in [-0.15, -0.1) is 13.2 Å². The van der Waals surface area contributed by atoms with E-state index in [1.807, 2.05) is 22.6 Å². The number of halogens is 5. The molecule has 0 aliphatic rings. The number of ether oxygens (including phenoxy) is 1. The van der Waals surface area contributed by atoms with E-state index in [9.17, 15) is 13.2 Å². The predicted molar refractivity (Wildman–Crippen MR) is 64.2 cm³/mol. The van der Waals surface area contributed by atoms with Gasteiger partial charge in [0.2, 0.25) is 0 Å². The van der Waals surface area contributed by atoms with Gasteiger partial charge >= 0.3 is 6.36 Å². The molecule has 1 aromatic heterocycles. The molecule has 0 saturated carbocycles. The summed E-state index contributed by atoms with van der Waals surface area (Å²) >= 11 is 3.53. The Hall–Kier alpha value is 0.160. The van der Waals surface area contributed by atoms with Gasteiger partial charge in [-0.25, -0.2) is 4.98 Å². The fourth-order valence-electron chi connectivity index (χ4n) is 0.891. The van der Waals surface area contributed by atoms with Crippen molar-refractivity contribution in [3.63, 3.8) is 0 Å². The molecular weight excluding hydrogens is 439 g/mol. The van der Waals surface area contributed by atoms with Gasteiger partial charge in [0, 0.05) is 18.3 Å². The van der Waals surface area contributed by atoms with Crippen molar-refractivity contribution < 1.29 is 17.9 Å². The lowest BCUT2D eigenvalue weighted by atomic mass is 10.2. The van der Waals surface area contributed by atoms with Crippen LogP contribution in [0.1, 0.15) is 5.56 Å². The molecule has 0 bridgehead atoms. The first-order valence-electron chi connectivity index (χ1n) is 3.64. The largest absolute Gasteiger partial charge is 0.573 e. The molecule has 0 spiro atoms. The quantitative estimate of drug-likeness (QED) is 0.564. The highest BCUT2D eigenvalue weighted by atomic mass is 127. The molecule has 0 amide bonds. The van der Waals surface area contributed by atoms with Crippen molar-refractivity contribution in [1.29, 1.82) is 0 Å². The highest BCUT2D eigenvalue weighted by Crippen LogP contribution is 2.32. The van der Waals surface area contributed by atoms with Crippen LogP contribution in [0, 0.1) is 7.27 Å².